The third-order valence-corrected chi connectivity index (χ3v) is 6.41. The molecular weight excluding hydrogens is 450 g/mol. The molecule has 5 rings (SSSR count). The van der Waals surface area contributed by atoms with E-state index in [-0.39, 0.29) is 5.91 Å². The molecule has 0 atom stereocenters. The smallest absolute Gasteiger partial charge is 0.250 e. The number of anilines is 1. The van der Waals surface area contributed by atoms with Crippen molar-refractivity contribution in [1.29, 1.82) is 0 Å². The fourth-order valence-corrected chi connectivity index (χ4v) is 4.70. The molecule has 6 heteroatoms. The second kappa shape index (κ2) is 9.38. The van der Waals surface area contributed by atoms with Crippen LogP contribution in [0.25, 0.3) is 38.7 Å². The summed E-state index contributed by atoms with van der Waals surface area (Å²) >= 11 is 0. The lowest BCUT2D eigenvalue weighted by molar-refractivity contribution is -0.111. The number of hydrogen-bond acceptors (Lipinski definition) is 4. The molecule has 0 aliphatic heterocycles. The molecule has 1 amide bonds. The summed E-state index contributed by atoms with van der Waals surface area (Å²) in [6.45, 7) is 10.6. The summed E-state index contributed by atoms with van der Waals surface area (Å²) in [5, 5.41) is 3.83. The van der Waals surface area contributed by atoms with Crippen molar-refractivity contribution in [3.05, 3.63) is 83.1 Å². The van der Waals surface area contributed by atoms with E-state index in [0.29, 0.717) is 12.6 Å². The molecule has 0 bridgehead atoms. The molecule has 5 aromatic rings. The van der Waals surface area contributed by atoms with Crippen molar-refractivity contribution in [3.8, 4) is 16.9 Å². The van der Waals surface area contributed by atoms with Gasteiger partial charge in [0, 0.05) is 28.2 Å². The Kier molecular flexibility index (Phi) is 6.10. The average molecular weight is 480 g/mol. The number of aromatic amines is 1. The molecule has 36 heavy (non-hydrogen) atoms. The number of rotatable bonds is 6. The molecule has 2 heterocycles. The van der Waals surface area contributed by atoms with Crippen LogP contribution in [0.5, 0.6) is 5.75 Å². The van der Waals surface area contributed by atoms with Crippen molar-refractivity contribution in [1.82, 2.24) is 9.97 Å². The highest BCUT2D eigenvalue weighted by atomic mass is 16.5. The number of para-hydroxylation sites is 2. The van der Waals surface area contributed by atoms with Crippen molar-refractivity contribution in [2.45, 2.75) is 34.6 Å². The fourth-order valence-electron chi connectivity index (χ4n) is 4.70. The van der Waals surface area contributed by atoms with Crippen LogP contribution >= 0.6 is 0 Å². The molecule has 0 spiro atoms. The van der Waals surface area contributed by atoms with Crippen molar-refractivity contribution < 1.29 is 13.9 Å². The molecule has 3 aromatic carbocycles. The van der Waals surface area contributed by atoms with Gasteiger partial charge in [0.2, 0.25) is 5.95 Å². The Hall–Kier alpha value is -4.32. The minimum Gasteiger partial charge on any atom is -0.493 e. The van der Waals surface area contributed by atoms with Crippen LogP contribution in [-0.4, -0.2) is 22.5 Å². The number of fused-ring (bicyclic) bond motifs is 2. The van der Waals surface area contributed by atoms with E-state index < -0.39 is 0 Å². The summed E-state index contributed by atoms with van der Waals surface area (Å²) in [5.41, 5.74) is 9.55. The van der Waals surface area contributed by atoms with Crippen LogP contribution in [-0.2, 0) is 4.79 Å². The Morgan fingerprint density at radius 3 is 2.67 bits per heavy atom. The maximum Gasteiger partial charge on any atom is 0.250 e. The van der Waals surface area contributed by atoms with Crippen LogP contribution in [0.1, 0.15) is 36.1 Å². The average Bonchev–Trinajstić information content (AvgIpc) is 3.44. The summed E-state index contributed by atoms with van der Waals surface area (Å²) in [5.74, 6) is 0.860. The summed E-state index contributed by atoms with van der Waals surface area (Å²) in [6.07, 6.45) is 3.38. The molecule has 2 N–H and O–H groups in total. The van der Waals surface area contributed by atoms with Crippen LogP contribution in [0.15, 0.2) is 65.3 Å². The maximum atomic E-state index is 12.9. The number of amides is 1. The van der Waals surface area contributed by atoms with E-state index in [9.17, 15) is 4.79 Å². The number of nitrogens with one attached hydrogen (secondary N) is 2. The van der Waals surface area contributed by atoms with Crippen molar-refractivity contribution in [2.75, 3.05) is 11.9 Å². The molecule has 182 valence electrons. The number of furan rings is 1. The number of aromatic nitrogens is 2. The molecule has 0 aliphatic rings. The lowest BCUT2D eigenvalue weighted by Gasteiger charge is -2.15. The Labute approximate surface area is 210 Å². The first-order chi connectivity index (χ1) is 17.4. The first-order valence-corrected chi connectivity index (χ1v) is 12.0. The standard InChI is InChI=1S/C30H29N3O3/c1-6-35-28-20(5)29-23(24(16-36-29)21-12-11-17(2)13-18(21)3)15-22(28)19(4)14-27(34)33-30-31-25-9-7-8-10-26(25)32-30/h7-16H,6H2,1-5H3,(H2,31,32,33,34)/b19-14+. The van der Waals surface area contributed by atoms with Gasteiger partial charge in [-0.1, -0.05) is 35.9 Å². The first kappa shape index (κ1) is 23.4. The highest BCUT2D eigenvalue weighted by Crippen LogP contribution is 2.41. The number of ether oxygens (including phenoxy) is 1. The molecule has 0 aliphatic carbocycles. The van der Waals surface area contributed by atoms with Gasteiger partial charge in [0.05, 0.1) is 23.9 Å². The molecular formula is C30H29N3O3. The summed E-state index contributed by atoms with van der Waals surface area (Å²) in [7, 11) is 0. The summed E-state index contributed by atoms with van der Waals surface area (Å²) in [4.78, 5) is 20.5. The van der Waals surface area contributed by atoms with Gasteiger partial charge in [-0.2, -0.15) is 0 Å². The fraction of sp³-hybridized carbons (Fsp3) is 0.200. The van der Waals surface area contributed by atoms with E-state index in [2.05, 4.69) is 53.4 Å². The number of allylic oxidation sites excluding steroid dienone is 1. The van der Waals surface area contributed by atoms with Crippen LogP contribution in [0.2, 0.25) is 0 Å². The highest BCUT2D eigenvalue weighted by molar-refractivity contribution is 6.06. The maximum absolute atomic E-state index is 12.9. The first-order valence-electron chi connectivity index (χ1n) is 12.0. The zero-order chi connectivity index (χ0) is 25.4. The quantitative estimate of drug-likeness (QED) is 0.250. The van der Waals surface area contributed by atoms with Crippen molar-refractivity contribution in [2.24, 2.45) is 0 Å². The number of nitrogens with zero attached hydrogens (tertiary/aromatic N) is 1. The Bertz CT molecular complexity index is 1610. The van der Waals surface area contributed by atoms with E-state index >= 15 is 0 Å². The normalized spacial score (nSPS) is 11.9. The van der Waals surface area contributed by atoms with Crippen LogP contribution < -0.4 is 10.1 Å². The number of benzene rings is 3. The number of carbonyl (C=O) groups excluding carboxylic acids is 1. The van der Waals surface area contributed by atoms with Gasteiger partial charge in [-0.25, -0.2) is 4.98 Å². The largest absolute Gasteiger partial charge is 0.493 e. The van der Waals surface area contributed by atoms with Gasteiger partial charge < -0.3 is 14.1 Å². The number of carbonyl (C=O) groups is 1. The molecule has 2 aromatic heterocycles. The highest BCUT2D eigenvalue weighted by Gasteiger charge is 2.20. The van der Waals surface area contributed by atoms with Gasteiger partial charge in [0.15, 0.2) is 0 Å². The van der Waals surface area contributed by atoms with Gasteiger partial charge in [-0.3, -0.25) is 10.1 Å². The zero-order valence-electron chi connectivity index (χ0n) is 21.2. The second-order valence-corrected chi connectivity index (χ2v) is 9.07. The Balaban J connectivity index is 1.56. The topological polar surface area (TPSA) is 80.1 Å². The van der Waals surface area contributed by atoms with Crippen molar-refractivity contribution >= 4 is 39.4 Å². The van der Waals surface area contributed by atoms with E-state index in [1.807, 2.05) is 51.3 Å². The second-order valence-electron chi connectivity index (χ2n) is 9.07. The SMILES string of the molecule is CCOc1c(/C(C)=C/C(=O)Nc2nc3ccccc3[nH]2)cc2c(-c3ccc(C)cc3C)coc2c1C. The molecule has 0 saturated carbocycles. The zero-order valence-corrected chi connectivity index (χ0v) is 21.2. The minimum atomic E-state index is -0.270. The molecule has 0 saturated heterocycles. The number of H-pyrrole nitrogens is 1. The van der Waals surface area contributed by atoms with E-state index in [0.717, 1.165) is 55.6 Å². The van der Waals surface area contributed by atoms with Gasteiger partial charge in [-0.15, -0.1) is 0 Å². The lowest BCUT2D eigenvalue weighted by atomic mass is 9.94. The van der Waals surface area contributed by atoms with Crippen LogP contribution in [0.4, 0.5) is 5.95 Å². The van der Waals surface area contributed by atoms with Crippen molar-refractivity contribution in [3.63, 3.8) is 0 Å². The minimum absolute atomic E-state index is 0.270. The molecule has 0 unspecified atom stereocenters. The number of hydrogen-bond donors (Lipinski definition) is 2. The third-order valence-electron chi connectivity index (χ3n) is 6.41. The van der Waals surface area contributed by atoms with Crippen LogP contribution in [0, 0.1) is 20.8 Å². The van der Waals surface area contributed by atoms with Gasteiger partial charge in [0.25, 0.3) is 5.91 Å². The van der Waals surface area contributed by atoms with Crippen LogP contribution in [0.3, 0.4) is 0 Å². The lowest BCUT2D eigenvalue weighted by Crippen LogP contribution is -2.10. The number of imidazole rings is 1. The predicted molar refractivity (Wildman–Crippen MR) is 145 cm³/mol. The third kappa shape index (κ3) is 4.26. The Morgan fingerprint density at radius 1 is 1.11 bits per heavy atom. The predicted octanol–water partition coefficient (Wildman–Crippen LogP) is 7.34. The summed E-state index contributed by atoms with van der Waals surface area (Å²) in [6, 6.07) is 16.1. The molecule has 0 fully saturated rings. The molecule has 6 nitrogen and oxygen atoms in total. The Morgan fingerprint density at radius 2 is 1.92 bits per heavy atom. The number of aryl methyl sites for hydroxylation is 3. The van der Waals surface area contributed by atoms with Gasteiger partial charge in [-0.05, 0) is 69.5 Å². The van der Waals surface area contributed by atoms with Gasteiger partial charge >= 0.3 is 0 Å². The van der Waals surface area contributed by atoms with Gasteiger partial charge in [0.1, 0.15) is 11.3 Å². The molecule has 0 radical (unpaired) electrons. The van der Waals surface area contributed by atoms with E-state index in [4.69, 9.17) is 9.15 Å². The monoisotopic (exact) mass is 479 g/mol. The summed E-state index contributed by atoms with van der Waals surface area (Å²) < 4.78 is 12.1. The van der Waals surface area contributed by atoms with E-state index in [1.165, 1.54) is 11.1 Å². The van der Waals surface area contributed by atoms with E-state index in [1.54, 1.807) is 6.08 Å².